The Kier molecular flexibility index (Phi) is 6.30. The van der Waals surface area contributed by atoms with Crippen molar-refractivity contribution in [2.75, 3.05) is 5.32 Å². The predicted molar refractivity (Wildman–Crippen MR) is 113 cm³/mol. The van der Waals surface area contributed by atoms with Crippen molar-refractivity contribution in [1.29, 1.82) is 0 Å². The number of ether oxygens (including phenoxy) is 1. The summed E-state index contributed by atoms with van der Waals surface area (Å²) in [5, 5.41) is 4.92. The maximum Gasteiger partial charge on any atom is 0.265 e. The Bertz CT molecular complexity index is 880. The summed E-state index contributed by atoms with van der Waals surface area (Å²) in [5.74, 6) is 1.23. The third-order valence-corrected chi connectivity index (χ3v) is 5.43. The number of carbonyl (C=O) groups is 1. The molecule has 0 bridgehead atoms. The maximum atomic E-state index is 12.4. The first kappa shape index (κ1) is 19.2. The summed E-state index contributed by atoms with van der Waals surface area (Å²) in [6.07, 6.45) is 1.02. The fraction of sp³-hybridized carbons (Fsp3) is 0.261. The number of anilines is 1. The minimum Gasteiger partial charge on any atom is -0.489 e. The molecule has 0 atom stereocenters. The van der Waals surface area contributed by atoms with E-state index in [0.29, 0.717) is 17.4 Å². The van der Waals surface area contributed by atoms with Gasteiger partial charge in [-0.25, -0.2) is 0 Å². The van der Waals surface area contributed by atoms with Crippen molar-refractivity contribution in [2.24, 2.45) is 0 Å². The standard InChI is InChI=1S/C23H25NO2S/c1-4-17-5-11-21(12-6-17)26-14-18-13-22(27-15-18)23(25)24-20-9-7-19(8-10-20)16(2)3/h5-13,15-16H,4,14H2,1-3H3,(H,24,25). The first-order valence-corrected chi connectivity index (χ1v) is 10.1. The average Bonchev–Trinajstić information content (AvgIpc) is 3.16. The van der Waals surface area contributed by atoms with Crippen LogP contribution in [-0.4, -0.2) is 5.91 Å². The van der Waals surface area contributed by atoms with Gasteiger partial charge in [0.15, 0.2) is 0 Å². The molecule has 0 aliphatic carbocycles. The average molecular weight is 380 g/mol. The molecule has 3 aromatic rings. The van der Waals surface area contributed by atoms with Crippen molar-refractivity contribution in [1.82, 2.24) is 0 Å². The molecule has 1 heterocycles. The monoisotopic (exact) mass is 379 g/mol. The van der Waals surface area contributed by atoms with E-state index in [1.54, 1.807) is 0 Å². The zero-order valence-electron chi connectivity index (χ0n) is 16.0. The van der Waals surface area contributed by atoms with Crippen LogP contribution >= 0.6 is 11.3 Å². The molecule has 4 heteroatoms. The van der Waals surface area contributed by atoms with Gasteiger partial charge in [0, 0.05) is 11.3 Å². The second-order valence-corrected chi connectivity index (χ2v) is 7.75. The lowest BCUT2D eigenvalue weighted by atomic mass is 10.0. The Labute approximate surface area is 165 Å². The minimum absolute atomic E-state index is 0.0872. The molecule has 0 fully saturated rings. The zero-order valence-corrected chi connectivity index (χ0v) is 16.8. The Balaban J connectivity index is 1.56. The van der Waals surface area contributed by atoms with E-state index < -0.39 is 0 Å². The highest BCUT2D eigenvalue weighted by atomic mass is 32.1. The van der Waals surface area contributed by atoms with E-state index in [1.165, 1.54) is 22.5 Å². The van der Waals surface area contributed by atoms with Gasteiger partial charge in [-0.05, 0) is 59.2 Å². The lowest BCUT2D eigenvalue weighted by molar-refractivity contribution is 0.103. The van der Waals surface area contributed by atoms with Crippen LogP contribution in [0.25, 0.3) is 0 Å². The molecule has 0 saturated carbocycles. The number of carbonyl (C=O) groups excluding carboxylic acids is 1. The van der Waals surface area contributed by atoms with Gasteiger partial charge in [-0.1, -0.05) is 45.0 Å². The maximum absolute atomic E-state index is 12.4. The van der Waals surface area contributed by atoms with Crippen LogP contribution in [0, 0.1) is 0 Å². The molecule has 1 N–H and O–H groups in total. The van der Waals surface area contributed by atoms with Gasteiger partial charge in [0.1, 0.15) is 12.4 Å². The minimum atomic E-state index is -0.0872. The Morgan fingerprint density at radius 3 is 2.37 bits per heavy atom. The molecule has 3 nitrogen and oxygen atoms in total. The van der Waals surface area contributed by atoms with Gasteiger partial charge in [-0.3, -0.25) is 4.79 Å². The molecule has 0 saturated heterocycles. The summed E-state index contributed by atoms with van der Waals surface area (Å²) in [5.41, 5.74) is 4.36. The quantitative estimate of drug-likeness (QED) is 0.526. The molecule has 1 amide bonds. The van der Waals surface area contributed by atoms with Crippen LogP contribution in [0.4, 0.5) is 5.69 Å². The van der Waals surface area contributed by atoms with Crippen molar-refractivity contribution < 1.29 is 9.53 Å². The summed E-state index contributed by atoms with van der Waals surface area (Å²) < 4.78 is 5.81. The normalized spacial score (nSPS) is 10.8. The van der Waals surface area contributed by atoms with Crippen LogP contribution in [-0.2, 0) is 13.0 Å². The molecule has 3 rings (SSSR count). The van der Waals surface area contributed by atoms with Gasteiger partial charge in [0.2, 0.25) is 0 Å². The molecular formula is C23H25NO2S. The van der Waals surface area contributed by atoms with E-state index in [4.69, 9.17) is 4.74 Å². The topological polar surface area (TPSA) is 38.3 Å². The number of thiophene rings is 1. The molecule has 27 heavy (non-hydrogen) atoms. The van der Waals surface area contributed by atoms with E-state index in [0.717, 1.165) is 23.4 Å². The van der Waals surface area contributed by atoms with E-state index >= 15 is 0 Å². The molecular weight excluding hydrogens is 354 g/mol. The molecule has 0 aliphatic heterocycles. The Hall–Kier alpha value is -2.59. The highest BCUT2D eigenvalue weighted by molar-refractivity contribution is 7.12. The number of amides is 1. The van der Waals surface area contributed by atoms with E-state index in [9.17, 15) is 4.79 Å². The summed E-state index contributed by atoms with van der Waals surface area (Å²) in [6.45, 7) is 6.90. The van der Waals surface area contributed by atoms with Crippen LogP contribution in [0.3, 0.4) is 0 Å². The van der Waals surface area contributed by atoms with Crippen molar-refractivity contribution in [3.05, 3.63) is 81.5 Å². The largest absolute Gasteiger partial charge is 0.489 e. The third-order valence-electron chi connectivity index (χ3n) is 4.45. The van der Waals surface area contributed by atoms with Crippen molar-refractivity contribution in [2.45, 2.75) is 39.7 Å². The van der Waals surface area contributed by atoms with Crippen molar-refractivity contribution >= 4 is 22.9 Å². The number of rotatable bonds is 7. The molecule has 0 aliphatic rings. The van der Waals surface area contributed by atoms with Gasteiger partial charge in [0.05, 0.1) is 4.88 Å². The van der Waals surface area contributed by atoms with Gasteiger partial charge < -0.3 is 10.1 Å². The SMILES string of the molecule is CCc1ccc(OCc2csc(C(=O)Nc3ccc(C(C)C)cc3)c2)cc1. The number of nitrogens with one attached hydrogen (secondary N) is 1. The van der Waals surface area contributed by atoms with Crippen molar-refractivity contribution in [3.8, 4) is 5.75 Å². The summed E-state index contributed by atoms with van der Waals surface area (Å²) in [6, 6.07) is 18.0. The van der Waals surface area contributed by atoms with E-state index in [1.807, 2.05) is 35.7 Å². The fourth-order valence-corrected chi connectivity index (χ4v) is 3.49. The molecule has 0 unspecified atom stereocenters. The van der Waals surface area contributed by atoms with Gasteiger partial charge in [-0.2, -0.15) is 0 Å². The molecule has 140 valence electrons. The molecule has 0 spiro atoms. The summed E-state index contributed by atoms with van der Waals surface area (Å²) in [7, 11) is 0. The highest BCUT2D eigenvalue weighted by Crippen LogP contribution is 2.21. The number of aryl methyl sites for hydroxylation is 1. The van der Waals surface area contributed by atoms with Crippen LogP contribution in [0.5, 0.6) is 5.75 Å². The molecule has 0 radical (unpaired) electrons. The fourth-order valence-electron chi connectivity index (χ4n) is 2.70. The third kappa shape index (κ3) is 5.20. The second kappa shape index (κ2) is 8.87. The van der Waals surface area contributed by atoms with Crippen LogP contribution in [0.1, 0.15) is 53.1 Å². The molecule has 2 aromatic carbocycles. The van der Waals surface area contributed by atoms with E-state index in [-0.39, 0.29) is 5.91 Å². The second-order valence-electron chi connectivity index (χ2n) is 6.84. The Morgan fingerprint density at radius 1 is 1.04 bits per heavy atom. The van der Waals surface area contributed by atoms with E-state index in [2.05, 4.69) is 50.4 Å². The highest BCUT2D eigenvalue weighted by Gasteiger charge is 2.10. The van der Waals surface area contributed by atoms with Gasteiger partial charge >= 0.3 is 0 Å². The summed E-state index contributed by atoms with van der Waals surface area (Å²) >= 11 is 1.43. The Morgan fingerprint density at radius 2 is 1.74 bits per heavy atom. The van der Waals surface area contributed by atoms with Crippen LogP contribution in [0.2, 0.25) is 0 Å². The summed E-state index contributed by atoms with van der Waals surface area (Å²) in [4.78, 5) is 13.1. The van der Waals surface area contributed by atoms with Crippen LogP contribution in [0.15, 0.2) is 60.0 Å². The zero-order chi connectivity index (χ0) is 19.2. The number of hydrogen-bond donors (Lipinski definition) is 1. The predicted octanol–water partition coefficient (Wildman–Crippen LogP) is 6.27. The molecule has 1 aromatic heterocycles. The van der Waals surface area contributed by atoms with Gasteiger partial charge in [-0.15, -0.1) is 11.3 Å². The number of benzene rings is 2. The smallest absolute Gasteiger partial charge is 0.265 e. The number of hydrogen-bond acceptors (Lipinski definition) is 3. The lowest BCUT2D eigenvalue weighted by Gasteiger charge is -2.07. The first-order chi connectivity index (χ1) is 13.0. The van der Waals surface area contributed by atoms with Crippen LogP contribution < -0.4 is 10.1 Å². The van der Waals surface area contributed by atoms with Gasteiger partial charge in [0.25, 0.3) is 5.91 Å². The first-order valence-electron chi connectivity index (χ1n) is 9.25. The lowest BCUT2D eigenvalue weighted by Crippen LogP contribution is -2.10. The van der Waals surface area contributed by atoms with Crippen molar-refractivity contribution in [3.63, 3.8) is 0 Å².